The third-order valence-electron chi connectivity index (χ3n) is 2.78. The average Bonchev–Trinajstić information content (AvgIpc) is 2.77. The maximum absolute atomic E-state index is 5.64. The van der Waals surface area contributed by atoms with Crippen LogP contribution in [0.4, 0.5) is 0 Å². The molecule has 2 rings (SSSR count). The Labute approximate surface area is 119 Å². The highest BCUT2D eigenvalue weighted by molar-refractivity contribution is 7.17. The molecular weight excluding hydrogens is 266 g/mol. The first-order valence-electron chi connectivity index (χ1n) is 5.95. The molecule has 1 aromatic carbocycles. The molecule has 0 amide bonds. The molecule has 0 aliphatic rings. The Balaban J connectivity index is 0.00000162. The highest BCUT2D eigenvalue weighted by Crippen LogP contribution is 2.24. The highest BCUT2D eigenvalue weighted by Gasteiger charge is 2.01. The summed E-state index contributed by atoms with van der Waals surface area (Å²) in [5, 5.41) is 3.54. The SMILES string of the molecule is CN(C)CCOCCc1cccc2sccc12.Cl. The molecule has 0 unspecified atom stereocenters. The number of hydrogen-bond donors (Lipinski definition) is 0. The monoisotopic (exact) mass is 285 g/mol. The maximum atomic E-state index is 5.64. The molecule has 0 fully saturated rings. The minimum Gasteiger partial charge on any atom is -0.380 e. The topological polar surface area (TPSA) is 12.5 Å². The van der Waals surface area contributed by atoms with Crippen molar-refractivity contribution >= 4 is 33.8 Å². The fraction of sp³-hybridized carbons (Fsp3) is 0.429. The first-order chi connectivity index (χ1) is 8.27. The van der Waals surface area contributed by atoms with Crippen molar-refractivity contribution in [2.24, 2.45) is 0 Å². The summed E-state index contributed by atoms with van der Waals surface area (Å²) in [7, 11) is 4.13. The van der Waals surface area contributed by atoms with Crippen LogP contribution in [0, 0.1) is 0 Å². The minimum atomic E-state index is 0. The van der Waals surface area contributed by atoms with Crippen LogP contribution in [0.5, 0.6) is 0 Å². The van der Waals surface area contributed by atoms with Gasteiger partial charge < -0.3 is 9.64 Å². The van der Waals surface area contributed by atoms with Gasteiger partial charge in [-0.2, -0.15) is 0 Å². The molecule has 0 aliphatic carbocycles. The zero-order chi connectivity index (χ0) is 12.1. The zero-order valence-electron chi connectivity index (χ0n) is 10.9. The molecule has 0 aliphatic heterocycles. The van der Waals surface area contributed by atoms with Crippen molar-refractivity contribution in [2.75, 3.05) is 33.9 Å². The second-order valence-electron chi connectivity index (χ2n) is 4.42. The Bertz CT molecular complexity index is 470. The van der Waals surface area contributed by atoms with Gasteiger partial charge in [0.25, 0.3) is 0 Å². The molecule has 0 saturated carbocycles. The summed E-state index contributed by atoms with van der Waals surface area (Å²) < 4.78 is 7.01. The van der Waals surface area contributed by atoms with Gasteiger partial charge >= 0.3 is 0 Å². The lowest BCUT2D eigenvalue weighted by Gasteiger charge is -2.10. The van der Waals surface area contributed by atoms with Gasteiger partial charge in [0.05, 0.1) is 13.2 Å². The van der Waals surface area contributed by atoms with Crippen molar-refractivity contribution in [2.45, 2.75) is 6.42 Å². The quantitative estimate of drug-likeness (QED) is 0.754. The Morgan fingerprint density at radius 1 is 1.17 bits per heavy atom. The Kier molecular flexibility index (Phi) is 6.65. The van der Waals surface area contributed by atoms with E-state index in [0.29, 0.717) is 0 Å². The van der Waals surface area contributed by atoms with Gasteiger partial charge in [0.2, 0.25) is 0 Å². The molecule has 0 spiro atoms. The third-order valence-corrected chi connectivity index (χ3v) is 3.67. The summed E-state index contributed by atoms with van der Waals surface area (Å²) in [6.07, 6.45) is 1.00. The second-order valence-corrected chi connectivity index (χ2v) is 5.36. The number of ether oxygens (including phenoxy) is 1. The lowest BCUT2D eigenvalue weighted by Crippen LogP contribution is -2.18. The number of thiophene rings is 1. The van der Waals surface area contributed by atoms with Gasteiger partial charge in [-0.05, 0) is 49.0 Å². The van der Waals surface area contributed by atoms with Crippen LogP contribution >= 0.6 is 23.7 Å². The largest absolute Gasteiger partial charge is 0.380 e. The first kappa shape index (κ1) is 15.4. The van der Waals surface area contributed by atoms with Crippen LogP contribution in [-0.2, 0) is 11.2 Å². The molecule has 0 saturated heterocycles. The Morgan fingerprint density at radius 2 is 2.00 bits per heavy atom. The van der Waals surface area contributed by atoms with Crippen LogP contribution in [0.3, 0.4) is 0 Å². The lowest BCUT2D eigenvalue weighted by atomic mass is 10.1. The average molecular weight is 286 g/mol. The molecule has 0 radical (unpaired) electrons. The van der Waals surface area contributed by atoms with E-state index in [1.165, 1.54) is 15.6 Å². The van der Waals surface area contributed by atoms with Crippen LogP contribution in [0.15, 0.2) is 29.6 Å². The predicted octanol–water partition coefficient (Wildman–Crippen LogP) is 3.44. The molecule has 18 heavy (non-hydrogen) atoms. The van der Waals surface area contributed by atoms with Crippen LogP contribution < -0.4 is 0 Å². The number of likely N-dealkylation sites (N-methyl/N-ethyl adjacent to an activating group) is 1. The standard InChI is InChI=1S/C14H19NOS.ClH/c1-15(2)8-10-16-9-6-12-4-3-5-14-13(12)7-11-17-14;/h3-5,7,11H,6,8-10H2,1-2H3;1H. The van der Waals surface area contributed by atoms with Crippen molar-refractivity contribution in [3.63, 3.8) is 0 Å². The number of halogens is 1. The van der Waals surface area contributed by atoms with Crippen LogP contribution in [-0.4, -0.2) is 38.8 Å². The van der Waals surface area contributed by atoms with Crippen LogP contribution in [0.1, 0.15) is 5.56 Å². The number of nitrogens with zero attached hydrogens (tertiary/aromatic N) is 1. The molecule has 2 nitrogen and oxygen atoms in total. The molecule has 2 aromatic rings. The Morgan fingerprint density at radius 3 is 2.78 bits per heavy atom. The normalized spacial score (nSPS) is 10.8. The van der Waals surface area contributed by atoms with Gasteiger partial charge in [-0.15, -0.1) is 23.7 Å². The summed E-state index contributed by atoms with van der Waals surface area (Å²) in [6.45, 7) is 2.61. The van der Waals surface area contributed by atoms with Gasteiger partial charge in [-0.25, -0.2) is 0 Å². The van der Waals surface area contributed by atoms with E-state index in [1.807, 2.05) is 0 Å². The van der Waals surface area contributed by atoms with Gasteiger partial charge in [0.15, 0.2) is 0 Å². The molecular formula is C14H20ClNOS. The molecule has 1 heterocycles. The van der Waals surface area contributed by atoms with Crippen molar-refractivity contribution in [1.82, 2.24) is 4.90 Å². The van der Waals surface area contributed by atoms with E-state index in [9.17, 15) is 0 Å². The lowest BCUT2D eigenvalue weighted by molar-refractivity contribution is 0.120. The summed E-state index contributed by atoms with van der Waals surface area (Å²) in [6, 6.07) is 8.71. The van der Waals surface area contributed by atoms with E-state index >= 15 is 0 Å². The van der Waals surface area contributed by atoms with E-state index in [4.69, 9.17) is 4.74 Å². The smallest absolute Gasteiger partial charge is 0.0593 e. The fourth-order valence-electron chi connectivity index (χ4n) is 1.81. The van der Waals surface area contributed by atoms with Crippen molar-refractivity contribution in [1.29, 1.82) is 0 Å². The maximum Gasteiger partial charge on any atom is 0.0593 e. The summed E-state index contributed by atoms with van der Waals surface area (Å²) in [5.41, 5.74) is 1.40. The number of rotatable bonds is 6. The fourth-order valence-corrected chi connectivity index (χ4v) is 2.64. The van der Waals surface area contributed by atoms with Crippen molar-refractivity contribution in [3.05, 3.63) is 35.2 Å². The van der Waals surface area contributed by atoms with Crippen molar-refractivity contribution < 1.29 is 4.74 Å². The Hall–Kier alpha value is -0.610. The van der Waals surface area contributed by atoms with Crippen molar-refractivity contribution in [3.8, 4) is 0 Å². The van der Waals surface area contributed by atoms with E-state index < -0.39 is 0 Å². The van der Waals surface area contributed by atoms with Gasteiger partial charge in [0, 0.05) is 11.2 Å². The third kappa shape index (κ3) is 4.25. The van der Waals surface area contributed by atoms with Gasteiger partial charge in [-0.3, -0.25) is 0 Å². The minimum absolute atomic E-state index is 0. The molecule has 1 aromatic heterocycles. The molecule has 100 valence electrons. The van der Waals surface area contributed by atoms with E-state index in [-0.39, 0.29) is 12.4 Å². The predicted molar refractivity (Wildman–Crippen MR) is 82.2 cm³/mol. The number of fused-ring (bicyclic) bond motifs is 1. The highest BCUT2D eigenvalue weighted by atomic mass is 35.5. The second kappa shape index (κ2) is 7.74. The summed E-state index contributed by atoms with van der Waals surface area (Å²) in [5.74, 6) is 0. The molecule has 4 heteroatoms. The first-order valence-corrected chi connectivity index (χ1v) is 6.83. The number of hydrogen-bond acceptors (Lipinski definition) is 3. The van der Waals surface area contributed by atoms with E-state index in [0.717, 1.165) is 26.2 Å². The molecule has 0 bridgehead atoms. The molecule has 0 N–H and O–H groups in total. The van der Waals surface area contributed by atoms with Crippen LogP contribution in [0.25, 0.3) is 10.1 Å². The number of benzene rings is 1. The van der Waals surface area contributed by atoms with Crippen LogP contribution in [0.2, 0.25) is 0 Å². The van der Waals surface area contributed by atoms with Gasteiger partial charge in [-0.1, -0.05) is 12.1 Å². The summed E-state index contributed by atoms with van der Waals surface area (Å²) in [4.78, 5) is 2.14. The van der Waals surface area contributed by atoms with Gasteiger partial charge in [0.1, 0.15) is 0 Å². The van der Waals surface area contributed by atoms with E-state index in [2.05, 4.69) is 48.6 Å². The zero-order valence-corrected chi connectivity index (χ0v) is 12.5. The molecule has 0 atom stereocenters. The summed E-state index contributed by atoms with van der Waals surface area (Å²) >= 11 is 1.80. The van der Waals surface area contributed by atoms with E-state index in [1.54, 1.807) is 11.3 Å².